The summed E-state index contributed by atoms with van der Waals surface area (Å²) in [6, 6.07) is 9.90. The highest BCUT2D eigenvalue weighted by Gasteiger charge is 2.21. The lowest BCUT2D eigenvalue weighted by atomic mass is 9.98. The molecule has 3 aromatic rings. The topological polar surface area (TPSA) is 61.0 Å². The minimum absolute atomic E-state index is 0.0181. The Bertz CT molecular complexity index is 883. The molecule has 5 nitrogen and oxygen atoms in total. The summed E-state index contributed by atoms with van der Waals surface area (Å²) in [7, 11) is 0. The Hall–Kier alpha value is -2.18. The first-order valence-corrected chi connectivity index (χ1v) is 10.6. The minimum Gasteiger partial charge on any atom is -0.351 e. The molecule has 1 saturated heterocycles. The van der Waals surface area contributed by atoms with Gasteiger partial charge in [-0.25, -0.2) is 4.98 Å². The van der Waals surface area contributed by atoms with Gasteiger partial charge in [0.15, 0.2) is 0 Å². The first-order valence-electron chi connectivity index (χ1n) is 9.73. The summed E-state index contributed by atoms with van der Waals surface area (Å²) in [5, 5.41) is 7.58. The Kier molecular flexibility index (Phi) is 5.55. The highest BCUT2D eigenvalue weighted by molar-refractivity contribution is 7.09. The van der Waals surface area contributed by atoms with E-state index in [2.05, 4.69) is 32.5 Å². The van der Waals surface area contributed by atoms with Gasteiger partial charge in [0.25, 0.3) is 5.91 Å². The first kappa shape index (κ1) is 18.2. The SMILES string of the molecule is CCc1nc(CN2CCCC(CNC(=O)c3cc4ccccc4[nH]3)C2)cs1. The van der Waals surface area contributed by atoms with Crippen molar-refractivity contribution in [3.63, 3.8) is 0 Å². The molecule has 1 aromatic carbocycles. The molecular weight excluding hydrogens is 356 g/mol. The van der Waals surface area contributed by atoms with Gasteiger partial charge in [-0.15, -0.1) is 11.3 Å². The summed E-state index contributed by atoms with van der Waals surface area (Å²) in [5.41, 5.74) is 2.82. The van der Waals surface area contributed by atoms with Crippen molar-refractivity contribution < 1.29 is 4.79 Å². The van der Waals surface area contributed by atoms with Crippen LogP contribution in [0.25, 0.3) is 10.9 Å². The number of benzene rings is 1. The molecule has 1 aliphatic rings. The largest absolute Gasteiger partial charge is 0.351 e. The zero-order valence-electron chi connectivity index (χ0n) is 15.7. The highest BCUT2D eigenvalue weighted by Crippen LogP contribution is 2.20. The quantitative estimate of drug-likeness (QED) is 0.681. The number of amides is 1. The average molecular weight is 383 g/mol. The Balaban J connectivity index is 1.30. The van der Waals surface area contributed by atoms with E-state index in [0.717, 1.165) is 43.5 Å². The van der Waals surface area contributed by atoms with Crippen LogP contribution in [-0.4, -0.2) is 40.4 Å². The lowest BCUT2D eigenvalue weighted by Gasteiger charge is -2.32. The molecule has 27 heavy (non-hydrogen) atoms. The molecule has 6 heteroatoms. The summed E-state index contributed by atoms with van der Waals surface area (Å²) in [5.74, 6) is 0.478. The van der Waals surface area contributed by atoms with Crippen LogP contribution < -0.4 is 5.32 Å². The molecule has 2 N–H and O–H groups in total. The second kappa shape index (κ2) is 8.23. The molecule has 0 saturated carbocycles. The molecule has 142 valence electrons. The van der Waals surface area contributed by atoms with Gasteiger partial charge in [0.2, 0.25) is 0 Å². The molecule has 4 rings (SSSR count). The van der Waals surface area contributed by atoms with Crippen molar-refractivity contribution in [1.82, 2.24) is 20.2 Å². The summed E-state index contributed by atoms with van der Waals surface area (Å²) in [6.45, 7) is 5.93. The lowest BCUT2D eigenvalue weighted by molar-refractivity contribution is 0.0926. The summed E-state index contributed by atoms with van der Waals surface area (Å²) in [6.07, 6.45) is 3.35. The van der Waals surface area contributed by atoms with Crippen molar-refractivity contribution in [2.75, 3.05) is 19.6 Å². The van der Waals surface area contributed by atoms with Gasteiger partial charge in [-0.2, -0.15) is 0 Å². The van der Waals surface area contributed by atoms with Gasteiger partial charge < -0.3 is 10.3 Å². The van der Waals surface area contributed by atoms with Crippen molar-refractivity contribution in [1.29, 1.82) is 0 Å². The molecule has 0 bridgehead atoms. The van der Waals surface area contributed by atoms with Gasteiger partial charge in [-0.05, 0) is 43.9 Å². The van der Waals surface area contributed by atoms with Crippen LogP contribution in [-0.2, 0) is 13.0 Å². The number of aryl methyl sites for hydroxylation is 1. The number of nitrogens with one attached hydrogen (secondary N) is 2. The Morgan fingerprint density at radius 3 is 3.11 bits per heavy atom. The fourth-order valence-electron chi connectivity index (χ4n) is 3.80. The van der Waals surface area contributed by atoms with Crippen molar-refractivity contribution in [3.8, 4) is 0 Å². The zero-order chi connectivity index (χ0) is 18.6. The number of piperidine rings is 1. The third kappa shape index (κ3) is 4.39. The van der Waals surface area contributed by atoms with E-state index in [1.165, 1.54) is 23.5 Å². The number of nitrogens with zero attached hydrogens (tertiary/aromatic N) is 2. The predicted octanol–water partition coefficient (Wildman–Crippen LogP) is 3.83. The van der Waals surface area contributed by atoms with Crippen LogP contribution in [0.1, 0.15) is 41.0 Å². The van der Waals surface area contributed by atoms with Crippen LogP contribution in [0.15, 0.2) is 35.7 Å². The number of para-hydroxylation sites is 1. The normalized spacial score (nSPS) is 18.0. The summed E-state index contributed by atoms with van der Waals surface area (Å²) in [4.78, 5) is 22.9. The third-order valence-corrected chi connectivity index (χ3v) is 6.26. The Morgan fingerprint density at radius 1 is 1.41 bits per heavy atom. The van der Waals surface area contributed by atoms with Crippen LogP contribution >= 0.6 is 11.3 Å². The minimum atomic E-state index is -0.0181. The van der Waals surface area contributed by atoms with Crippen molar-refractivity contribution in [3.05, 3.63) is 52.1 Å². The number of aromatic nitrogens is 2. The number of H-pyrrole nitrogens is 1. The van der Waals surface area contributed by atoms with Crippen LogP contribution in [0.5, 0.6) is 0 Å². The number of carbonyl (C=O) groups excluding carboxylic acids is 1. The predicted molar refractivity (Wildman–Crippen MR) is 110 cm³/mol. The van der Waals surface area contributed by atoms with Crippen LogP contribution in [0.3, 0.4) is 0 Å². The molecule has 1 fully saturated rings. The number of thiazole rings is 1. The summed E-state index contributed by atoms with van der Waals surface area (Å²) < 4.78 is 0. The van der Waals surface area contributed by atoms with Gasteiger partial charge in [0.1, 0.15) is 5.69 Å². The molecule has 0 spiro atoms. The number of fused-ring (bicyclic) bond motifs is 1. The molecule has 0 radical (unpaired) electrons. The molecule has 1 unspecified atom stereocenters. The fraction of sp³-hybridized carbons (Fsp3) is 0.429. The van der Waals surface area contributed by atoms with Crippen molar-refractivity contribution in [2.24, 2.45) is 5.92 Å². The van der Waals surface area contributed by atoms with Crippen molar-refractivity contribution >= 4 is 28.1 Å². The van der Waals surface area contributed by atoms with E-state index in [-0.39, 0.29) is 5.91 Å². The van der Waals surface area contributed by atoms with Crippen LogP contribution in [0, 0.1) is 5.92 Å². The average Bonchev–Trinajstić information content (AvgIpc) is 3.33. The van der Waals surface area contributed by atoms with Crippen LogP contribution in [0.4, 0.5) is 0 Å². The number of aromatic amines is 1. The second-order valence-corrected chi connectivity index (χ2v) is 8.25. The smallest absolute Gasteiger partial charge is 0.267 e. The van der Waals surface area contributed by atoms with E-state index >= 15 is 0 Å². The van der Waals surface area contributed by atoms with E-state index in [9.17, 15) is 4.79 Å². The van der Waals surface area contributed by atoms with Crippen molar-refractivity contribution in [2.45, 2.75) is 32.7 Å². The number of hydrogen-bond donors (Lipinski definition) is 2. The molecular formula is C21H26N4OS. The summed E-state index contributed by atoms with van der Waals surface area (Å²) >= 11 is 1.75. The van der Waals surface area contributed by atoms with Gasteiger partial charge in [0.05, 0.1) is 10.7 Å². The third-order valence-electron chi connectivity index (χ3n) is 5.22. The maximum atomic E-state index is 12.5. The lowest BCUT2D eigenvalue weighted by Crippen LogP contribution is -2.40. The number of rotatable bonds is 6. The molecule has 1 aliphatic heterocycles. The molecule has 1 atom stereocenters. The number of carbonyl (C=O) groups is 1. The molecule has 2 aromatic heterocycles. The Morgan fingerprint density at radius 2 is 2.30 bits per heavy atom. The van der Waals surface area contributed by atoms with Gasteiger partial charge >= 0.3 is 0 Å². The van der Waals surface area contributed by atoms with Gasteiger partial charge in [-0.1, -0.05) is 25.1 Å². The fourth-order valence-corrected chi connectivity index (χ4v) is 4.54. The number of hydrogen-bond acceptors (Lipinski definition) is 4. The van der Waals surface area contributed by atoms with E-state index < -0.39 is 0 Å². The van der Waals surface area contributed by atoms with Gasteiger partial charge in [-0.3, -0.25) is 9.69 Å². The van der Waals surface area contributed by atoms with Gasteiger partial charge in [0, 0.05) is 35.9 Å². The standard InChI is InChI=1S/C21H26N4OS/c1-2-20-23-17(14-27-20)13-25-9-5-6-15(12-25)11-22-21(26)19-10-16-7-3-4-8-18(16)24-19/h3-4,7-8,10,14-15,24H,2,5-6,9,11-13H2,1H3,(H,22,26). The van der Waals surface area contributed by atoms with E-state index in [0.29, 0.717) is 11.6 Å². The number of likely N-dealkylation sites (tertiary alicyclic amines) is 1. The monoisotopic (exact) mass is 382 g/mol. The first-order chi connectivity index (χ1) is 13.2. The van der Waals surface area contributed by atoms with Crippen LogP contribution in [0.2, 0.25) is 0 Å². The highest BCUT2D eigenvalue weighted by atomic mass is 32.1. The zero-order valence-corrected chi connectivity index (χ0v) is 16.5. The van der Waals surface area contributed by atoms with E-state index in [1.807, 2.05) is 30.3 Å². The van der Waals surface area contributed by atoms with E-state index in [1.54, 1.807) is 11.3 Å². The molecule has 3 heterocycles. The maximum absolute atomic E-state index is 12.5. The molecule has 1 amide bonds. The molecule has 0 aliphatic carbocycles. The second-order valence-electron chi connectivity index (χ2n) is 7.31. The Labute approximate surface area is 163 Å². The maximum Gasteiger partial charge on any atom is 0.267 e. The van der Waals surface area contributed by atoms with E-state index in [4.69, 9.17) is 0 Å².